The molecule has 2 rings (SSSR count). The highest BCUT2D eigenvalue weighted by Crippen LogP contribution is 2.36. The Kier molecular flexibility index (Phi) is 5.10. The molecule has 1 fully saturated rings. The minimum Gasteiger partial charge on any atom is -0.468 e. The molecule has 2 N–H and O–H groups in total. The standard InChI is InChI=1S/C13H22N4O3S/c1-13(14-2,10(18)20-3)7-4-8-21-12-16-15-11(19)17(12)9-5-6-9/h9,14H,4-8H2,1-3H3,(H,15,19). The van der Waals surface area contributed by atoms with Crippen molar-refractivity contribution in [2.75, 3.05) is 19.9 Å². The number of hydrogen-bond acceptors (Lipinski definition) is 6. The molecule has 1 aromatic rings. The zero-order valence-corrected chi connectivity index (χ0v) is 13.5. The Morgan fingerprint density at radius 2 is 2.33 bits per heavy atom. The van der Waals surface area contributed by atoms with E-state index in [1.165, 1.54) is 7.11 Å². The number of hydrogen-bond donors (Lipinski definition) is 2. The number of likely N-dealkylation sites (N-methyl/N-ethyl adjacent to an activating group) is 1. The number of methoxy groups -OCH3 is 1. The van der Waals surface area contributed by atoms with E-state index >= 15 is 0 Å². The summed E-state index contributed by atoms with van der Waals surface area (Å²) in [4.78, 5) is 23.4. The first-order chi connectivity index (χ1) is 10.0. The van der Waals surface area contributed by atoms with Crippen LogP contribution in [0.15, 0.2) is 9.95 Å². The molecule has 1 heterocycles. The summed E-state index contributed by atoms with van der Waals surface area (Å²) in [5, 5.41) is 10.3. The summed E-state index contributed by atoms with van der Waals surface area (Å²) in [5.74, 6) is 0.537. The summed E-state index contributed by atoms with van der Waals surface area (Å²) in [6.07, 6.45) is 3.59. The van der Waals surface area contributed by atoms with Gasteiger partial charge in [0.2, 0.25) is 0 Å². The zero-order valence-electron chi connectivity index (χ0n) is 12.6. The van der Waals surface area contributed by atoms with Crippen molar-refractivity contribution in [3.05, 3.63) is 10.5 Å². The summed E-state index contributed by atoms with van der Waals surface area (Å²) in [6, 6.07) is 0.316. The van der Waals surface area contributed by atoms with Crippen LogP contribution in [0, 0.1) is 0 Å². The van der Waals surface area contributed by atoms with Crippen molar-refractivity contribution in [3.8, 4) is 0 Å². The van der Waals surface area contributed by atoms with Crippen molar-refractivity contribution in [1.82, 2.24) is 20.1 Å². The maximum absolute atomic E-state index is 11.7. The minimum atomic E-state index is -0.670. The average Bonchev–Trinajstić information content (AvgIpc) is 3.26. The third-order valence-corrected chi connectivity index (χ3v) is 4.86. The van der Waals surface area contributed by atoms with Crippen LogP contribution in [-0.4, -0.2) is 46.2 Å². The number of ether oxygens (including phenoxy) is 1. The molecule has 118 valence electrons. The summed E-state index contributed by atoms with van der Waals surface area (Å²) in [5.41, 5.74) is -0.800. The van der Waals surface area contributed by atoms with Crippen molar-refractivity contribution in [2.24, 2.45) is 0 Å². The van der Waals surface area contributed by atoms with Crippen molar-refractivity contribution in [2.45, 2.75) is 49.3 Å². The predicted molar refractivity (Wildman–Crippen MR) is 80.6 cm³/mol. The Hall–Kier alpha value is -1.28. The number of carbonyl (C=O) groups excluding carboxylic acids is 1. The topological polar surface area (TPSA) is 89.0 Å². The fourth-order valence-electron chi connectivity index (χ4n) is 2.19. The molecule has 7 nitrogen and oxygen atoms in total. The molecule has 21 heavy (non-hydrogen) atoms. The van der Waals surface area contributed by atoms with Crippen LogP contribution in [0.25, 0.3) is 0 Å². The number of aromatic amines is 1. The Balaban J connectivity index is 1.85. The first kappa shape index (κ1) is 16.1. The summed E-state index contributed by atoms with van der Waals surface area (Å²) in [7, 11) is 3.15. The van der Waals surface area contributed by atoms with Crippen LogP contribution in [0.1, 0.15) is 38.6 Å². The largest absolute Gasteiger partial charge is 0.468 e. The van der Waals surface area contributed by atoms with E-state index in [1.54, 1.807) is 23.4 Å². The fourth-order valence-corrected chi connectivity index (χ4v) is 3.14. The van der Waals surface area contributed by atoms with Gasteiger partial charge in [0, 0.05) is 11.8 Å². The third-order valence-electron chi connectivity index (χ3n) is 3.82. The molecule has 0 spiro atoms. The molecule has 0 aliphatic heterocycles. The normalized spacial score (nSPS) is 17.5. The maximum atomic E-state index is 11.7. The van der Waals surface area contributed by atoms with Gasteiger partial charge in [-0.05, 0) is 39.7 Å². The average molecular weight is 314 g/mol. The minimum absolute atomic E-state index is 0.130. The van der Waals surface area contributed by atoms with Gasteiger partial charge in [-0.25, -0.2) is 9.89 Å². The van der Waals surface area contributed by atoms with E-state index in [0.717, 1.165) is 30.2 Å². The van der Waals surface area contributed by atoms with E-state index in [1.807, 2.05) is 6.92 Å². The SMILES string of the molecule is CNC(C)(CCCSc1n[nH]c(=O)n1C1CC1)C(=O)OC. The Morgan fingerprint density at radius 3 is 2.90 bits per heavy atom. The highest BCUT2D eigenvalue weighted by Gasteiger charge is 2.32. The van der Waals surface area contributed by atoms with Crippen LogP contribution in [0.2, 0.25) is 0 Å². The van der Waals surface area contributed by atoms with Gasteiger partial charge in [-0.3, -0.25) is 9.36 Å². The lowest BCUT2D eigenvalue weighted by Gasteiger charge is -2.25. The van der Waals surface area contributed by atoms with E-state index in [0.29, 0.717) is 12.5 Å². The van der Waals surface area contributed by atoms with Gasteiger partial charge in [0.25, 0.3) is 0 Å². The van der Waals surface area contributed by atoms with Crippen molar-refractivity contribution >= 4 is 17.7 Å². The predicted octanol–water partition coefficient (Wildman–Crippen LogP) is 0.930. The van der Waals surface area contributed by atoms with Gasteiger partial charge in [-0.2, -0.15) is 0 Å². The first-order valence-electron chi connectivity index (χ1n) is 7.09. The third kappa shape index (κ3) is 3.68. The molecular weight excluding hydrogens is 292 g/mol. The highest BCUT2D eigenvalue weighted by atomic mass is 32.2. The molecule has 1 aromatic heterocycles. The van der Waals surface area contributed by atoms with Gasteiger partial charge in [0.05, 0.1) is 7.11 Å². The molecule has 0 aromatic carbocycles. The summed E-state index contributed by atoms with van der Waals surface area (Å²) in [6.45, 7) is 1.83. The Labute approximate surface area is 127 Å². The molecule has 1 atom stereocenters. The Morgan fingerprint density at radius 1 is 1.62 bits per heavy atom. The van der Waals surface area contributed by atoms with Crippen LogP contribution in [0.3, 0.4) is 0 Å². The first-order valence-corrected chi connectivity index (χ1v) is 8.07. The second-order valence-electron chi connectivity index (χ2n) is 5.44. The lowest BCUT2D eigenvalue weighted by molar-refractivity contribution is -0.148. The summed E-state index contributed by atoms with van der Waals surface area (Å²) >= 11 is 1.55. The van der Waals surface area contributed by atoms with Gasteiger partial charge >= 0.3 is 11.7 Å². The quantitative estimate of drug-likeness (QED) is 0.421. The number of thioether (sulfide) groups is 1. The van der Waals surface area contributed by atoms with Crippen LogP contribution >= 0.6 is 11.8 Å². The molecule has 8 heteroatoms. The van der Waals surface area contributed by atoms with E-state index in [9.17, 15) is 9.59 Å². The number of aromatic nitrogens is 3. The smallest absolute Gasteiger partial charge is 0.344 e. The number of rotatable bonds is 8. The molecule has 0 saturated heterocycles. The van der Waals surface area contributed by atoms with Crippen molar-refractivity contribution in [3.63, 3.8) is 0 Å². The van der Waals surface area contributed by atoms with Crippen molar-refractivity contribution in [1.29, 1.82) is 0 Å². The molecular formula is C13H22N4O3S. The second-order valence-corrected chi connectivity index (χ2v) is 6.50. The summed E-state index contributed by atoms with van der Waals surface area (Å²) < 4.78 is 6.55. The monoisotopic (exact) mass is 314 g/mol. The molecule has 0 amide bonds. The molecule has 1 saturated carbocycles. The highest BCUT2D eigenvalue weighted by molar-refractivity contribution is 7.99. The number of carbonyl (C=O) groups is 1. The van der Waals surface area contributed by atoms with Crippen molar-refractivity contribution < 1.29 is 9.53 Å². The lowest BCUT2D eigenvalue weighted by atomic mass is 9.97. The molecule has 1 unspecified atom stereocenters. The second kappa shape index (κ2) is 6.65. The van der Waals surface area contributed by atoms with Crippen LogP contribution in [0.4, 0.5) is 0 Å². The number of nitrogens with zero attached hydrogens (tertiary/aromatic N) is 2. The van der Waals surface area contributed by atoms with Gasteiger partial charge in [0.1, 0.15) is 5.54 Å². The number of H-pyrrole nitrogens is 1. The number of esters is 1. The van der Waals surface area contributed by atoms with Gasteiger partial charge in [-0.15, -0.1) is 5.10 Å². The number of nitrogens with one attached hydrogen (secondary N) is 2. The van der Waals surface area contributed by atoms with Crippen LogP contribution in [-0.2, 0) is 9.53 Å². The fraction of sp³-hybridized carbons (Fsp3) is 0.769. The van der Waals surface area contributed by atoms with Crippen LogP contribution in [0.5, 0.6) is 0 Å². The van der Waals surface area contributed by atoms with Gasteiger partial charge < -0.3 is 10.1 Å². The van der Waals surface area contributed by atoms with E-state index in [4.69, 9.17) is 4.74 Å². The van der Waals surface area contributed by atoms with E-state index in [-0.39, 0.29) is 11.7 Å². The van der Waals surface area contributed by atoms with Gasteiger partial charge in [0.15, 0.2) is 5.16 Å². The van der Waals surface area contributed by atoms with E-state index < -0.39 is 5.54 Å². The van der Waals surface area contributed by atoms with Gasteiger partial charge in [-0.1, -0.05) is 11.8 Å². The zero-order chi connectivity index (χ0) is 15.5. The Bertz CT molecular complexity index is 552. The molecule has 1 aliphatic carbocycles. The lowest BCUT2D eigenvalue weighted by Crippen LogP contribution is -2.48. The maximum Gasteiger partial charge on any atom is 0.344 e. The van der Waals surface area contributed by atoms with Crippen LogP contribution < -0.4 is 11.0 Å². The molecule has 0 bridgehead atoms. The molecule has 1 aliphatic rings. The molecule has 0 radical (unpaired) electrons. The van der Waals surface area contributed by atoms with E-state index in [2.05, 4.69) is 15.5 Å².